The highest BCUT2D eigenvalue weighted by molar-refractivity contribution is 9.10. The summed E-state index contributed by atoms with van der Waals surface area (Å²) in [6.07, 6.45) is 2.56. The third-order valence-corrected chi connectivity index (χ3v) is 3.94. The van der Waals surface area contributed by atoms with Crippen LogP contribution in [-0.4, -0.2) is 38.1 Å². The van der Waals surface area contributed by atoms with E-state index in [1.54, 1.807) is 0 Å². The fourth-order valence-corrected chi connectivity index (χ4v) is 2.73. The summed E-state index contributed by atoms with van der Waals surface area (Å²) in [5.41, 5.74) is 1.48. The van der Waals surface area contributed by atoms with Crippen molar-refractivity contribution in [3.63, 3.8) is 0 Å². The van der Waals surface area contributed by atoms with E-state index in [1.807, 2.05) is 0 Å². The Bertz CT molecular complexity index is 359. The molecule has 0 saturated heterocycles. The van der Waals surface area contributed by atoms with Gasteiger partial charge in [-0.1, -0.05) is 28.1 Å². The minimum Gasteiger partial charge on any atom is -0.313 e. The Morgan fingerprint density at radius 2 is 2.12 bits per heavy atom. The lowest BCUT2D eigenvalue weighted by Crippen LogP contribution is -2.42. The molecule has 0 spiro atoms. The molecule has 1 aliphatic carbocycles. The second kappa shape index (κ2) is 5.98. The first kappa shape index (κ1) is 13.1. The molecule has 0 amide bonds. The third kappa shape index (κ3) is 3.80. The highest BCUT2D eigenvalue weighted by Crippen LogP contribution is 2.37. The van der Waals surface area contributed by atoms with Crippen LogP contribution in [0.5, 0.6) is 0 Å². The molecule has 0 bridgehead atoms. The second-order valence-electron chi connectivity index (χ2n) is 5.18. The Kier molecular flexibility index (Phi) is 4.60. The van der Waals surface area contributed by atoms with Gasteiger partial charge in [0.1, 0.15) is 0 Å². The fraction of sp³-hybridized carbons (Fsp3) is 0.571. The standard InChI is InChI=1S/C14H21BrN2/c1-17(2)7-6-16-14-9-12(10-14)11-4-3-5-13(15)8-11/h3-5,8,12,14,16H,6-7,9-10H2,1-2H3. The normalized spacial score (nSPS) is 23.8. The van der Waals surface area contributed by atoms with Crippen molar-refractivity contribution in [2.45, 2.75) is 24.8 Å². The molecule has 17 heavy (non-hydrogen) atoms. The van der Waals surface area contributed by atoms with Crippen molar-refractivity contribution >= 4 is 15.9 Å². The van der Waals surface area contributed by atoms with E-state index in [1.165, 1.54) is 22.9 Å². The smallest absolute Gasteiger partial charge is 0.0178 e. The van der Waals surface area contributed by atoms with Gasteiger partial charge in [-0.05, 0) is 50.6 Å². The molecule has 2 nitrogen and oxygen atoms in total. The summed E-state index contributed by atoms with van der Waals surface area (Å²) in [6.45, 7) is 2.22. The Balaban J connectivity index is 1.72. The molecule has 1 aliphatic rings. The molecule has 2 rings (SSSR count). The number of halogens is 1. The summed E-state index contributed by atoms with van der Waals surface area (Å²) in [6, 6.07) is 9.44. The summed E-state index contributed by atoms with van der Waals surface area (Å²) in [7, 11) is 4.24. The molecule has 1 N–H and O–H groups in total. The molecule has 0 aromatic heterocycles. The Morgan fingerprint density at radius 1 is 1.35 bits per heavy atom. The molecule has 1 fully saturated rings. The SMILES string of the molecule is CN(C)CCNC1CC(c2cccc(Br)c2)C1. The van der Waals surface area contributed by atoms with E-state index in [4.69, 9.17) is 0 Å². The number of nitrogens with one attached hydrogen (secondary N) is 1. The molecule has 0 radical (unpaired) electrons. The van der Waals surface area contributed by atoms with Gasteiger partial charge in [-0.15, -0.1) is 0 Å². The van der Waals surface area contributed by atoms with Gasteiger partial charge in [0.2, 0.25) is 0 Å². The van der Waals surface area contributed by atoms with Crippen LogP contribution in [0.2, 0.25) is 0 Å². The maximum atomic E-state index is 3.61. The molecule has 0 atom stereocenters. The van der Waals surface area contributed by atoms with Crippen LogP contribution >= 0.6 is 15.9 Å². The van der Waals surface area contributed by atoms with E-state index in [0.29, 0.717) is 0 Å². The van der Waals surface area contributed by atoms with Gasteiger partial charge in [-0.25, -0.2) is 0 Å². The van der Waals surface area contributed by atoms with Crippen molar-refractivity contribution in [3.05, 3.63) is 34.3 Å². The average Bonchev–Trinajstić information content (AvgIpc) is 2.21. The molecule has 0 heterocycles. The second-order valence-corrected chi connectivity index (χ2v) is 6.09. The lowest BCUT2D eigenvalue weighted by atomic mass is 9.76. The molecule has 1 aromatic carbocycles. The molecule has 0 unspecified atom stereocenters. The van der Waals surface area contributed by atoms with Gasteiger partial charge in [0.25, 0.3) is 0 Å². The number of nitrogens with zero attached hydrogens (tertiary/aromatic N) is 1. The Labute approximate surface area is 113 Å². The van der Waals surface area contributed by atoms with E-state index < -0.39 is 0 Å². The number of hydrogen-bond donors (Lipinski definition) is 1. The number of benzene rings is 1. The first-order valence-corrected chi connectivity index (χ1v) is 7.08. The largest absolute Gasteiger partial charge is 0.313 e. The van der Waals surface area contributed by atoms with Gasteiger partial charge in [-0.2, -0.15) is 0 Å². The summed E-state index contributed by atoms with van der Waals surface area (Å²) >= 11 is 3.54. The molecule has 0 aliphatic heterocycles. The maximum absolute atomic E-state index is 3.61. The van der Waals surface area contributed by atoms with Crippen molar-refractivity contribution in [2.75, 3.05) is 27.2 Å². The number of hydrogen-bond acceptors (Lipinski definition) is 2. The fourth-order valence-electron chi connectivity index (χ4n) is 2.31. The van der Waals surface area contributed by atoms with E-state index in [9.17, 15) is 0 Å². The van der Waals surface area contributed by atoms with Crippen LogP contribution in [-0.2, 0) is 0 Å². The van der Waals surface area contributed by atoms with Gasteiger partial charge in [0.05, 0.1) is 0 Å². The quantitative estimate of drug-likeness (QED) is 0.899. The van der Waals surface area contributed by atoms with E-state index in [-0.39, 0.29) is 0 Å². The first-order chi connectivity index (χ1) is 8.15. The summed E-state index contributed by atoms with van der Waals surface area (Å²) < 4.78 is 1.19. The van der Waals surface area contributed by atoms with E-state index in [0.717, 1.165) is 25.0 Å². The zero-order chi connectivity index (χ0) is 12.3. The van der Waals surface area contributed by atoms with E-state index in [2.05, 4.69) is 64.5 Å². The van der Waals surface area contributed by atoms with Gasteiger partial charge >= 0.3 is 0 Å². The topological polar surface area (TPSA) is 15.3 Å². The highest BCUT2D eigenvalue weighted by Gasteiger charge is 2.29. The highest BCUT2D eigenvalue weighted by atomic mass is 79.9. The summed E-state index contributed by atoms with van der Waals surface area (Å²) in [5.74, 6) is 0.754. The van der Waals surface area contributed by atoms with Crippen molar-refractivity contribution in [3.8, 4) is 0 Å². The maximum Gasteiger partial charge on any atom is 0.0178 e. The first-order valence-electron chi connectivity index (χ1n) is 6.28. The molecule has 1 saturated carbocycles. The van der Waals surface area contributed by atoms with Crippen LogP contribution in [0.15, 0.2) is 28.7 Å². The number of likely N-dealkylation sites (N-methyl/N-ethyl adjacent to an activating group) is 1. The molecule has 1 aromatic rings. The van der Waals surface area contributed by atoms with Gasteiger partial charge in [0, 0.05) is 23.6 Å². The zero-order valence-electron chi connectivity index (χ0n) is 10.6. The van der Waals surface area contributed by atoms with Crippen molar-refractivity contribution in [1.82, 2.24) is 10.2 Å². The van der Waals surface area contributed by atoms with Crippen molar-refractivity contribution in [2.24, 2.45) is 0 Å². The predicted molar refractivity (Wildman–Crippen MR) is 76.5 cm³/mol. The van der Waals surface area contributed by atoms with Crippen LogP contribution in [0.3, 0.4) is 0 Å². The van der Waals surface area contributed by atoms with Crippen molar-refractivity contribution < 1.29 is 0 Å². The van der Waals surface area contributed by atoms with Crippen LogP contribution in [0.25, 0.3) is 0 Å². The molecule has 3 heteroatoms. The number of rotatable bonds is 5. The lowest BCUT2D eigenvalue weighted by Gasteiger charge is -2.36. The average molecular weight is 297 g/mol. The minimum absolute atomic E-state index is 0.721. The van der Waals surface area contributed by atoms with Gasteiger partial charge < -0.3 is 10.2 Å². The predicted octanol–water partition coefficient (Wildman–Crippen LogP) is 2.85. The molecule has 94 valence electrons. The van der Waals surface area contributed by atoms with Crippen LogP contribution in [0.1, 0.15) is 24.3 Å². The van der Waals surface area contributed by atoms with Gasteiger partial charge in [-0.3, -0.25) is 0 Å². The zero-order valence-corrected chi connectivity index (χ0v) is 12.2. The van der Waals surface area contributed by atoms with Crippen LogP contribution in [0.4, 0.5) is 0 Å². The van der Waals surface area contributed by atoms with Crippen molar-refractivity contribution in [1.29, 1.82) is 0 Å². The Hall–Kier alpha value is -0.380. The third-order valence-electron chi connectivity index (χ3n) is 3.45. The van der Waals surface area contributed by atoms with Crippen LogP contribution < -0.4 is 5.32 Å². The molecular formula is C14H21BrN2. The van der Waals surface area contributed by atoms with Gasteiger partial charge in [0.15, 0.2) is 0 Å². The molecular weight excluding hydrogens is 276 g/mol. The van der Waals surface area contributed by atoms with Crippen LogP contribution in [0, 0.1) is 0 Å². The minimum atomic E-state index is 0.721. The summed E-state index contributed by atoms with van der Waals surface area (Å²) in [5, 5.41) is 3.61. The summed E-state index contributed by atoms with van der Waals surface area (Å²) in [4.78, 5) is 2.22. The lowest BCUT2D eigenvalue weighted by molar-refractivity contribution is 0.278. The Morgan fingerprint density at radius 3 is 2.76 bits per heavy atom. The van der Waals surface area contributed by atoms with E-state index >= 15 is 0 Å². The monoisotopic (exact) mass is 296 g/mol.